The second-order valence-electron chi connectivity index (χ2n) is 6.06. The molecule has 132 valence electrons. The molecule has 2 rings (SSSR count). The third-order valence-electron chi connectivity index (χ3n) is 3.99. The largest absolute Gasteiger partial charge is 0.366 e. The third kappa shape index (κ3) is 6.30. The molecule has 0 saturated carbocycles. The van der Waals surface area contributed by atoms with Crippen LogP contribution in [-0.4, -0.2) is 25.0 Å². The number of primary amides is 1. The molecule has 0 spiro atoms. The van der Waals surface area contributed by atoms with Crippen LogP contribution in [0.4, 0.5) is 0 Å². The van der Waals surface area contributed by atoms with Crippen molar-refractivity contribution >= 4 is 11.9 Å². The maximum Gasteiger partial charge on any atom is 0.248 e. The fraction of sp³-hybridized carbons (Fsp3) is 0.300. The molecule has 0 aliphatic rings. The predicted octanol–water partition coefficient (Wildman–Crippen LogP) is 2.47. The van der Waals surface area contributed by atoms with Crippen molar-refractivity contribution in [1.29, 1.82) is 0 Å². The highest BCUT2D eigenvalue weighted by molar-refractivity contribution is 5.92. The Kier molecular flexibility index (Phi) is 7.01. The van der Waals surface area contributed by atoms with Gasteiger partial charge in [-0.25, -0.2) is 0 Å². The number of guanidine groups is 1. The van der Waals surface area contributed by atoms with Gasteiger partial charge in [-0.1, -0.05) is 42.5 Å². The molecule has 5 nitrogen and oxygen atoms in total. The summed E-state index contributed by atoms with van der Waals surface area (Å²) in [5.41, 5.74) is 8.15. The zero-order valence-electron chi connectivity index (χ0n) is 14.8. The van der Waals surface area contributed by atoms with Gasteiger partial charge in [-0.2, -0.15) is 0 Å². The first kappa shape index (κ1) is 18.5. The van der Waals surface area contributed by atoms with Crippen LogP contribution in [0, 0.1) is 0 Å². The lowest BCUT2D eigenvalue weighted by atomic mass is 10.1. The zero-order valence-corrected chi connectivity index (χ0v) is 14.8. The van der Waals surface area contributed by atoms with E-state index in [9.17, 15) is 4.79 Å². The summed E-state index contributed by atoms with van der Waals surface area (Å²) in [4.78, 5) is 15.5. The number of rotatable bonds is 7. The molecule has 0 bridgehead atoms. The average Bonchev–Trinajstić information content (AvgIpc) is 2.64. The molecule has 0 radical (unpaired) electrons. The number of aryl methyl sites for hydroxylation is 1. The minimum absolute atomic E-state index is 0.295. The predicted molar refractivity (Wildman–Crippen MR) is 103 cm³/mol. The maximum atomic E-state index is 11.2. The summed E-state index contributed by atoms with van der Waals surface area (Å²) in [5, 5.41) is 6.66. The van der Waals surface area contributed by atoms with Crippen LogP contribution in [0.25, 0.3) is 0 Å². The van der Waals surface area contributed by atoms with Gasteiger partial charge in [0.15, 0.2) is 5.96 Å². The van der Waals surface area contributed by atoms with E-state index in [2.05, 4.69) is 46.8 Å². The highest BCUT2D eigenvalue weighted by Gasteiger charge is 2.06. The molecule has 0 aliphatic heterocycles. The van der Waals surface area contributed by atoms with E-state index in [1.165, 1.54) is 5.56 Å². The van der Waals surface area contributed by atoms with E-state index >= 15 is 0 Å². The van der Waals surface area contributed by atoms with Crippen LogP contribution >= 0.6 is 0 Å². The van der Waals surface area contributed by atoms with Gasteiger partial charge in [-0.15, -0.1) is 0 Å². The number of benzene rings is 2. The van der Waals surface area contributed by atoms with Gasteiger partial charge in [0, 0.05) is 25.2 Å². The van der Waals surface area contributed by atoms with Crippen LogP contribution in [0.15, 0.2) is 59.6 Å². The molecule has 5 heteroatoms. The molecule has 2 aromatic rings. The Morgan fingerprint density at radius 3 is 2.52 bits per heavy atom. The van der Waals surface area contributed by atoms with Gasteiger partial charge in [0.05, 0.1) is 0 Å². The first-order valence-electron chi connectivity index (χ1n) is 8.48. The Labute approximate surface area is 149 Å². The smallest absolute Gasteiger partial charge is 0.248 e. The van der Waals surface area contributed by atoms with E-state index in [4.69, 9.17) is 5.73 Å². The minimum Gasteiger partial charge on any atom is -0.366 e. The van der Waals surface area contributed by atoms with Crippen molar-refractivity contribution < 1.29 is 4.79 Å². The van der Waals surface area contributed by atoms with Gasteiger partial charge >= 0.3 is 0 Å². The fourth-order valence-corrected chi connectivity index (χ4v) is 2.55. The van der Waals surface area contributed by atoms with E-state index in [-0.39, 0.29) is 0 Å². The average molecular weight is 338 g/mol. The number of hydrogen-bond donors (Lipinski definition) is 3. The number of nitrogens with one attached hydrogen (secondary N) is 2. The number of amides is 1. The van der Waals surface area contributed by atoms with Crippen molar-refractivity contribution in [2.45, 2.75) is 32.4 Å². The van der Waals surface area contributed by atoms with Gasteiger partial charge in [0.1, 0.15) is 0 Å². The molecule has 0 saturated heterocycles. The molecule has 0 aromatic heterocycles. The number of aliphatic imine (C=N–C) groups is 1. The van der Waals surface area contributed by atoms with Crippen LogP contribution in [0.3, 0.4) is 0 Å². The van der Waals surface area contributed by atoms with Crippen molar-refractivity contribution in [3.8, 4) is 0 Å². The summed E-state index contributed by atoms with van der Waals surface area (Å²) >= 11 is 0. The maximum absolute atomic E-state index is 11.2. The van der Waals surface area contributed by atoms with Crippen LogP contribution in [0.2, 0.25) is 0 Å². The van der Waals surface area contributed by atoms with Crippen LogP contribution < -0.4 is 16.4 Å². The molecule has 0 fully saturated rings. The second kappa shape index (κ2) is 9.47. The Balaban J connectivity index is 1.82. The molecule has 1 unspecified atom stereocenters. The lowest BCUT2D eigenvalue weighted by Gasteiger charge is -2.18. The Bertz CT molecular complexity index is 713. The highest BCUT2D eigenvalue weighted by Crippen LogP contribution is 2.06. The first-order chi connectivity index (χ1) is 12.1. The number of nitrogens with two attached hydrogens (primary N) is 1. The number of nitrogens with zero attached hydrogens (tertiary/aromatic N) is 1. The number of hydrogen-bond acceptors (Lipinski definition) is 2. The van der Waals surface area contributed by atoms with Crippen LogP contribution in [0.1, 0.15) is 34.8 Å². The summed E-state index contributed by atoms with van der Waals surface area (Å²) in [7, 11) is 1.75. The van der Waals surface area contributed by atoms with Gasteiger partial charge in [0.2, 0.25) is 5.91 Å². The summed E-state index contributed by atoms with van der Waals surface area (Å²) in [5.74, 6) is 0.323. The van der Waals surface area contributed by atoms with Gasteiger partial charge in [-0.05, 0) is 43.0 Å². The normalized spacial score (nSPS) is 12.5. The number of carbonyl (C=O) groups is 1. The quantitative estimate of drug-likeness (QED) is 0.536. The van der Waals surface area contributed by atoms with E-state index < -0.39 is 5.91 Å². The molecule has 0 heterocycles. The molecular weight excluding hydrogens is 312 g/mol. The summed E-state index contributed by atoms with van der Waals surface area (Å²) in [6.45, 7) is 2.72. The Hall–Kier alpha value is -2.82. The topological polar surface area (TPSA) is 79.5 Å². The SMILES string of the molecule is CN=C(NCc1cccc(C(N)=O)c1)NC(C)CCc1ccccc1. The van der Waals surface area contributed by atoms with Crippen molar-refractivity contribution in [2.75, 3.05) is 7.05 Å². The molecule has 25 heavy (non-hydrogen) atoms. The Morgan fingerprint density at radius 1 is 1.12 bits per heavy atom. The number of carbonyl (C=O) groups excluding carboxylic acids is 1. The summed E-state index contributed by atoms with van der Waals surface area (Å²) in [6, 6.07) is 18.0. The standard InChI is InChI=1S/C20H26N4O/c1-15(11-12-16-7-4-3-5-8-16)24-20(22-2)23-14-17-9-6-10-18(13-17)19(21)25/h3-10,13,15H,11-12,14H2,1-2H3,(H2,21,25)(H2,22,23,24). The van der Waals surface area contributed by atoms with Crippen LogP contribution in [0.5, 0.6) is 0 Å². The third-order valence-corrected chi connectivity index (χ3v) is 3.99. The van der Waals surface area contributed by atoms with E-state index in [0.29, 0.717) is 18.2 Å². The van der Waals surface area contributed by atoms with Crippen molar-refractivity contribution in [1.82, 2.24) is 10.6 Å². The van der Waals surface area contributed by atoms with Crippen molar-refractivity contribution in [2.24, 2.45) is 10.7 Å². The Morgan fingerprint density at radius 2 is 1.84 bits per heavy atom. The lowest BCUT2D eigenvalue weighted by Crippen LogP contribution is -2.42. The molecule has 4 N–H and O–H groups in total. The second-order valence-corrected chi connectivity index (χ2v) is 6.06. The fourth-order valence-electron chi connectivity index (χ4n) is 2.55. The summed E-state index contributed by atoms with van der Waals surface area (Å²) in [6.07, 6.45) is 2.04. The lowest BCUT2D eigenvalue weighted by molar-refractivity contribution is 0.1000. The van der Waals surface area contributed by atoms with E-state index in [0.717, 1.165) is 24.4 Å². The van der Waals surface area contributed by atoms with E-state index in [1.807, 2.05) is 18.2 Å². The van der Waals surface area contributed by atoms with Crippen molar-refractivity contribution in [3.63, 3.8) is 0 Å². The van der Waals surface area contributed by atoms with E-state index in [1.54, 1.807) is 19.2 Å². The minimum atomic E-state index is -0.418. The van der Waals surface area contributed by atoms with Crippen molar-refractivity contribution in [3.05, 3.63) is 71.3 Å². The van der Waals surface area contributed by atoms with Crippen LogP contribution in [-0.2, 0) is 13.0 Å². The van der Waals surface area contributed by atoms with Gasteiger partial charge in [0.25, 0.3) is 0 Å². The van der Waals surface area contributed by atoms with Gasteiger partial charge in [-0.3, -0.25) is 9.79 Å². The van der Waals surface area contributed by atoms with Gasteiger partial charge < -0.3 is 16.4 Å². The molecule has 1 amide bonds. The molecule has 2 aromatic carbocycles. The first-order valence-corrected chi connectivity index (χ1v) is 8.48. The zero-order chi connectivity index (χ0) is 18.1. The summed E-state index contributed by atoms with van der Waals surface area (Å²) < 4.78 is 0. The molecule has 1 atom stereocenters. The molecular formula is C20H26N4O. The molecule has 0 aliphatic carbocycles. The highest BCUT2D eigenvalue weighted by atomic mass is 16.1. The monoisotopic (exact) mass is 338 g/mol.